The van der Waals surface area contributed by atoms with Crippen LogP contribution < -0.4 is 4.74 Å². The second kappa shape index (κ2) is 8.23. The molecule has 1 atom stereocenters. The summed E-state index contributed by atoms with van der Waals surface area (Å²) in [5.74, 6) is 0.480. The predicted octanol–water partition coefficient (Wildman–Crippen LogP) is 5.00. The first-order valence-corrected chi connectivity index (χ1v) is 10.6. The van der Waals surface area contributed by atoms with Gasteiger partial charge in [0, 0.05) is 18.6 Å². The summed E-state index contributed by atoms with van der Waals surface area (Å²) < 4.78 is 17.9. The standard InChI is InChI=1S/C26H26O4/c27-13-12-22-17-26(29-14-15-30-26)25-11-8-21(16-24(22)25)20-6-9-23(10-7-20)28-18-19-4-2-1-3-5-19/h1-11,16,22,27H,12-15,17-18H2. The molecule has 0 radical (unpaired) electrons. The van der Waals surface area contributed by atoms with Gasteiger partial charge in [0.25, 0.3) is 0 Å². The molecule has 1 saturated heterocycles. The minimum atomic E-state index is -0.622. The van der Waals surface area contributed by atoms with Crippen LogP contribution in [0, 0.1) is 0 Å². The molecule has 1 spiro atoms. The molecule has 1 aliphatic heterocycles. The van der Waals surface area contributed by atoms with Crippen molar-refractivity contribution in [1.82, 2.24) is 0 Å². The predicted molar refractivity (Wildman–Crippen MR) is 115 cm³/mol. The minimum absolute atomic E-state index is 0.165. The topological polar surface area (TPSA) is 47.9 Å². The van der Waals surface area contributed by atoms with Gasteiger partial charge >= 0.3 is 0 Å². The van der Waals surface area contributed by atoms with Gasteiger partial charge in [0.2, 0.25) is 0 Å². The average Bonchev–Trinajstić information content (AvgIpc) is 3.39. The molecule has 1 unspecified atom stereocenters. The number of aliphatic hydroxyl groups excluding tert-OH is 1. The van der Waals surface area contributed by atoms with Crippen LogP contribution in [-0.4, -0.2) is 24.9 Å². The summed E-state index contributed by atoms with van der Waals surface area (Å²) in [5, 5.41) is 9.54. The van der Waals surface area contributed by atoms with E-state index in [0.29, 0.717) is 19.8 Å². The van der Waals surface area contributed by atoms with Gasteiger partial charge in [0.15, 0.2) is 5.79 Å². The van der Waals surface area contributed by atoms with E-state index in [2.05, 4.69) is 42.5 Å². The molecule has 0 saturated carbocycles. The lowest BCUT2D eigenvalue weighted by Gasteiger charge is -2.23. The number of hydrogen-bond donors (Lipinski definition) is 1. The lowest BCUT2D eigenvalue weighted by Crippen LogP contribution is -2.23. The molecular weight excluding hydrogens is 376 g/mol. The molecule has 3 aromatic carbocycles. The van der Waals surface area contributed by atoms with Gasteiger partial charge in [-0.25, -0.2) is 0 Å². The maximum Gasteiger partial charge on any atom is 0.195 e. The van der Waals surface area contributed by atoms with Gasteiger partial charge in [-0.15, -0.1) is 0 Å². The van der Waals surface area contributed by atoms with Crippen LogP contribution in [-0.2, 0) is 21.9 Å². The first-order valence-electron chi connectivity index (χ1n) is 10.6. The zero-order chi connectivity index (χ0) is 20.4. The van der Waals surface area contributed by atoms with E-state index in [1.165, 1.54) is 5.56 Å². The summed E-state index contributed by atoms with van der Waals surface area (Å²) >= 11 is 0. The van der Waals surface area contributed by atoms with Crippen molar-refractivity contribution < 1.29 is 19.3 Å². The van der Waals surface area contributed by atoms with E-state index in [0.717, 1.165) is 40.8 Å². The minimum Gasteiger partial charge on any atom is -0.489 e. The maximum atomic E-state index is 9.54. The highest BCUT2D eigenvalue weighted by Crippen LogP contribution is 2.51. The number of rotatable bonds is 6. The van der Waals surface area contributed by atoms with Gasteiger partial charge in [0.1, 0.15) is 12.4 Å². The molecule has 1 fully saturated rings. The molecule has 154 valence electrons. The summed E-state index contributed by atoms with van der Waals surface area (Å²) in [6, 6.07) is 24.9. The Morgan fingerprint density at radius 1 is 0.900 bits per heavy atom. The second-order valence-electron chi connectivity index (χ2n) is 7.96. The number of ether oxygens (including phenoxy) is 3. The first kappa shape index (κ1) is 19.3. The zero-order valence-corrected chi connectivity index (χ0v) is 16.9. The molecule has 4 heteroatoms. The maximum absolute atomic E-state index is 9.54. The smallest absolute Gasteiger partial charge is 0.195 e. The Labute approximate surface area is 177 Å². The molecule has 2 aliphatic rings. The molecule has 30 heavy (non-hydrogen) atoms. The number of hydrogen-bond acceptors (Lipinski definition) is 4. The van der Waals surface area contributed by atoms with Crippen molar-refractivity contribution in [3.05, 3.63) is 89.5 Å². The summed E-state index contributed by atoms with van der Waals surface area (Å²) in [4.78, 5) is 0. The van der Waals surface area contributed by atoms with Crippen molar-refractivity contribution in [2.75, 3.05) is 19.8 Å². The average molecular weight is 402 g/mol. The van der Waals surface area contributed by atoms with Crippen LogP contribution >= 0.6 is 0 Å². The third kappa shape index (κ3) is 3.63. The van der Waals surface area contributed by atoms with Crippen LogP contribution in [0.15, 0.2) is 72.8 Å². The van der Waals surface area contributed by atoms with Gasteiger partial charge in [-0.2, -0.15) is 0 Å². The van der Waals surface area contributed by atoms with Crippen LogP contribution in [0.25, 0.3) is 11.1 Å². The fraction of sp³-hybridized carbons (Fsp3) is 0.308. The van der Waals surface area contributed by atoms with Crippen LogP contribution in [0.3, 0.4) is 0 Å². The van der Waals surface area contributed by atoms with Crippen molar-refractivity contribution in [2.45, 2.75) is 31.2 Å². The van der Waals surface area contributed by atoms with E-state index in [4.69, 9.17) is 14.2 Å². The molecule has 4 nitrogen and oxygen atoms in total. The highest BCUT2D eigenvalue weighted by molar-refractivity contribution is 5.67. The molecule has 0 amide bonds. The molecule has 5 rings (SSSR count). The van der Waals surface area contributed by atoms with E-state index in [1.54, 1.807) is 0 Å². The molecule has 1 heterocycles. The molecular formula is C26H26O4. The Kier molecular flexibility index (Phi) is 5.30. The van der Waals surface area contributed by atoms with E-state index < -0.39 is 5.79 Å². The van der Waals surface area contributed by atoms with Gasteiger partial charge < -0.3 is 19.3 Å². The van der Waals surface area contributed by atoms with Gasteiger partial charge in [0.05, 0.1) is 13.2 Å². The fourth-order valence-electron chi connectivity index (χ4n) is 4.60. The zero-order valence-electron chi connectivity index (χ0n) is 16.9. The Balaban J connectivity index is 1.36. The summed E-state index contributed by atoms with van der Waals surface area (Å²) in [6.45, 7) is 1.97. The number of fused-ring (bicyclic) bond motifs is 2. The third-order valence-corrected chi connectivity index (χ3v) is 6.08. The quantitative estimate of drug-likeness (QED) is 0.630. The lowest BCUT2D eigenvalue weighted by atomic mass is 9.94. The monoisotopic (exact) mass is 402 g/mol. The van der Waals surface area contributed by atoms with E-state index in [1.807, 2.05) is 30.3 Å². The van der Waals surface area contributed by atoms with Gasteiger partial charge in [-0.3, -0.25) is 0 Å². The highest BCUT2D eigenvalue weighted by atomic mass is 16.7. The highest BCUT2D eigenvalue weighted by Gasteiger charge is 2.48. The molecule has 0 aromatic heterocycles. The van der Waals surface area contributed by atoms with Gasteiger partial charge in [-0.1, -0.05) is 60.7 Å². The second-order valence-corrected chi connectivity index (χ2v) is 7.96. The Hall–Kier alpha value is -2.66. The Morgan fingerprint density at radius 3 is 2.37 bits per heavy atom. The van der Waals surface area contributed by atoms with Crippen LogP contribution in [0.1, 0.15) is 35.4 Å². The van der Waals surface area contributed by atoms with Crippen molar-refractivity contribution in [3.8, 4) is 16.9 Å². The van der Waals surface area contributed by atoms with Crippen molar-refractivity contribution >= 4 is 0 Å². The normalized spacial score (nSPS) is 19.2. The van der Waals surface area contributed by atoms with E-state index in [9.17, 15) is 5.11 Å². The molecule has 1 aliphatic carbocycles. The fourth-order valence-corrected chi connectivity index (χ4v) is 4.60. The molecule has 3 aromatic rings. The van der Waals surface area contributed by atoms with Crippen LogP contribution in [0.4, 0.5) is 0 Å². The summed E-state index contributed by atoms with van der Waals surface area (Å²) in [6.07, 6.45) is 1.50. The van der Waals surface area contributed by atoms with Crippen molar-refractivity contribution in [3.63, 3.8) is 0 Å². The van der Waals surface area contributed by atoms with Crippen LogP contribution in [0.2, 0.25) is 0 Å². The Bertz CT molecular complexity index is 991. The third-order valence-electron chi connectivity index (χ3n) is 6.08. The van der Waals surface area contributed by atoms with E-state index in [-0.39, 0.29) is 12.5 Å². The number of benzene rings is 3. The lowest BCUT2D eigenvalue weighted by molar-refractivity contribution is -0.166. The van der Waals surface area contributed by atoms with Crippen LogP contribution in [0.5, 0.6) is 5.75 Å². The number of aliphatic hydroxyl groups is 1. The van der Waals surface area contributed by atoms with Crippen molar-refractivity contribution in [1.29, 1.82) is 0 Å². The van der Waals surface area contributed by atoms with E-state index >= 15 is 0 Å². The first-order chi connectivity index (χ1) is 14.8. The Morgan fingerprint density at radius 2 is 1.63 bits per heavy atom. The largest absolute Gasteiger partial charge is 0.489 e. The van der Waals surface area contributed by atoms with Crippen molar-refractivity contribution in [2.24, 2.45) is 0 Å². The molecule has 0 bridgehead atoms. The SMILES string of the molecule is OCCC1CC2(OCCO2)c2ccc(-c3ccc(OCc4ccccc4)cc3)cc21. The summed E-state index contributed by atoms with van der Waals surface area (Å²) in [5.41, 5.74) is 5.79. The summed E-state index contributed by atoms with van der Waals surface area (Å²) in [7, 11) is 0. The molecule has 1 N–H and O–H groups in total. The van der Waals surface area contributed by atoms with Gasteiger partial charge in [-0.05, 0) is 46.7 Å².